The summed E-state index contributed by atoms with van der Waals surface area (Å²) in [5.74, 6) is 0.779. The number of fused-ring (bicyclic) bond motifs is 1. The van der Waals surface area contributed by atoms with Crippen molar-refractivity contribution in [1.82, 2.24) is 4.98 Å². The fraction of sp³-hybridized carbons (Fsp3) is 0.200. The van der Waals surface area contributed by atoms with Gasteiger partial charge in [-0.05, 0) is 24.3 Å². The summed E-state index contributed by atoms with van der Waals surface area (Å²) < 4.78 is 20.6. The molecule has 4 rings (SSSR count). The van der Waals surface area contributed by atoms with Crippen molar-refractivity contribution in [3.63, 3.8) is 0 Å². The summed E-state index contributed by atoms with van der Waals surface area (Å²) in [6.45, 7) is 0.902. The molecule has 0 spiro atoms. The highest BCUT2D eigenvalue weighted by Gasteiger charge is 2.25. The number of hydrogen-bond donors (Lipinski definition) is 0. The van der Waals surface area contributed by atoms with Crippen LogP contribution in [0.5, 0.6) is 0 Å². The van der Waals surface area contributed by atoms with Crippen molar-refractivity contribution in [3.05, 3.63) is 64.8 Å². The first-order valence-electron chi connectivity index (χ1n) is 8.53. The molecule has 0 bridgehead atoms. The zero-order valence-electron chi connectivity index (χ0n) is 14.7. The number of aromatic nitrogens is 1. The SMILES string of the molecule is CN1C(=O)CCN(Cc2ncc(-c3ccccc3Br)o2)c2ccc(F)cc21. The van der Waals surface area contributed by atoms with Crippen molar-refractivity contribution >= 4 is 33.2 Å². The van der Waals surface area contributed by atoms with Gasteiger partial charge < -0.3 is 14.2 Å². The van der Waals surface area contributed by atoms with Crippen LogP contribution in [-0.4, -0.2) is 24.5 Å². The summed E-state index contributed by atoms with van der Waals surface area (Å²) in [5.41, 5.74) is 2.25. The van der Waals surface area contributed by atoms with Crippen molar-refractivity contribution in [2.45, 2.75) is 13.0 Å². The molecule has 0 aliphatic carbocycles. The van der Waals surface area contributed by atoms with Crippen LogP contribution < -0.4 is 9.80 Å². The van der Waals surface area contributed by atoms with E-state index in [9.17, 15) is 9.18 Å². The predicted molar refractivity (Wildman–Crippen MR) is 105 cm³/mol. The van der Waals surface area contributed by atoms with E-state index >= 15 is 0 Å². The highest BCUT2D eigenvalue weighted by molar-refractivity contribution is 9.10. The molecule has 0 saturated heterocycles. The number of oxazole rings is 1. The molecule has 27 heavy (non-hydrogen) atoms. The largest absolute Gasteiger partial charge is 0.439 e. The number of nitrogens with zero attached hydrogens (tertiary/aromatic N) is 3. The highest BCUT2D eigenvalue weighted by Crippen LogP contribution is 2.34. The maximum Gasteiger partial charge on any atom is 0.228 e. The maximum absolute atomic E-state index is 13.7. The van der Waals surface area contributed by atoms with Gasteiger partial charge >= 0.3 is 0 Å². The van der Waals surface area contributed by atoms with Crippen molar-refractivity contribution in [2.75, 3.05) is 23.4 Å². The Hall–Kier alpha value is -2.67. The number of halogens is 2. The number of rotatable bonds is 3. The van der Waals surface area contributed by atoms with Crippen LogP contribution in [-0.2, 0) is 11.3 Å². The topological polar surface area (TPSA) is 49.6 Å². The minimum absolute atomic E-state index is 0.0503. The lowest BCUT2D eigenvalue weighted by Crippen LogP contribution is -2.26. The Morgan fingerprint density at radius 1 is 1.22 bits per heavy atom. The first-order valence-corrected chi connectivity index (χ1v) is 9.33. The van der Waals surface area contributed by atoms with E-state index in [0.29, 0.717) is 36.8 Å². The van der Waals surface area contributed by atoms with Gasteiger partial charge in [-0.1, -0.05) is 34.1 Å². The molecule has 0 saturated carbocycles. The molecule has 5 nitrogen and oxygen atoms in total. The normalized spacial score (nSPS) is 14.3. The van der Waals surface area contributed by atoms with Gasteiger partial charge in [0, 0.05) is 30.0 Å². The Morgan fingerprint density at radius 2 is 2.04 bits per heavy atom. The molecule has 1 aliphatic rings. The Morgan fingerprint density at radius 3 is 2.85 bits per heavy atom. The van der Waals surface area contributed by atoms with Crippen LogP contribution in [0.4, 0.5) is 15.8 Å². The van der Waals surface area contributed by atoms with E-state index < -0.39 is 0 Å². The van der Waals surface area contributed by atoms with Gasteiger partial charge in [0.25, 0.3) is 0 Å². The third-order valence-corrected chi connectivity index (χ3v) is 5.32. The van der Waals surface area contributed by atoms with E-state index in [0.717, 1.165) is 15.7 Å². The molecule has 1 aromatic heterocycles. The number of amides is 1. The van der Waals surface area contributed by atoms with E-state index in [4.69, 9.17) is 4.42 Å². The zero-order valence-corrected chi connectivity index (χ0v) is 16.2. The molecule has 2 aromatic carbocycles. The lowest BCUT2D eigenvalue weighted by Gasteiger charge is -2.24. The first-order chi connectivity index (χ1) is 13.0. The Balaban J connectivity index is 1.64. The quantitative estimate of drug-likeness (QED) is 0.609. The summed E-state index contributed by atoms with van der Waals surface area (Å²) >= 11 is 3.52. The molecule has 0 N–H and O–H groups in total. The number of anilines is 2. The third kappa shape index (κ3) is 3.47. The van der Waals surface area contributed by atoms with Gasteiger partial charge in [-0.25, -0.2) is 9.37 Å². The molecule has 0 atom stereocenters. The number of carbonyl (C=O) groups is 1. The molecule has 138 valence electrons. The van der Waals surface area contributed by atoms with Gasteiger partial charge in [0.1, 0.15) is 5.82 Å². The highest BCUT2D eigenvalue weighted by atomic mass is 79.9. The molecule has 0 radical (unpaired) electrons. The van der Waals surface area contributed by atoms with E-state index in [1.807, 2.05) is 29.2 Å². The molecule has 1 amide bonds. The summed E-state index contributed by atoms with van der Waals surface area (Å²) in [6.07, 6.45) is 2.03. The second-order valence-electron chi connectivity index (χ2n) is 6.36. The standard InChI is InChI=1S/C20H17BrFN3O2/c1-24-17-10-13(22)6-7-16(17)25(9-8-20(24)26)12-19-23-11-18(27-19)14-4-2-3-5-15(14)21/h2-7,10-11H,8-9,12H2,1H3. The summed E-state index contributed by atoms with van der Waals surface area (Å²) in [7, 11) is 1.67. The number of benzene rings is 2. The Bertz CT molecular complexity index is 1000. The van der Waals surface area contributed by atoms with E-state index in [1.54, 1.807) is 19.3 Å². The maximum atomic E-state index is 13.7. The molecule has 1 aliphatic heterocycles. The monoisotopic (exact) mass is 429 g/mol. The number of carbonyl (C=O) groups excluding carboxylic acids is 1. The minimum Gasteiger partial charge on any atom is -0.439 e. The third-order valence-electron chi connectivity index (χ3n) is 4.63. The van der Waals surface area contributed by atoms with Crippen molar-refractivity contribution in [3.8, 4) is 11.3 Å². The molecular formula is C20H17BrFN3O2. The van der Waals surface area contributed by atoms with Crippen LogP contribution in [0.25, 0.3) is 11.3 Å². The van der Waals surface area contributed by atoms with Gasteiger partial charge in [0.15, 0.2) is 5.76 Å². The summed E-state index contributed by atoms with van der Waals surface area (Å²) in [5, 5.41) is 0. The minimum atomic E-state index is -0.373. The molecule has 3 aromatic rings. The average Bonchev–Trinajstić information content (AvgIpc) is 3.09. The lowest BCUT2D eigenvalue weighted by atomic mass is 10.2. The molecule has 0 unspecified atom stereocenters. The van der Waals surface area contributed by atoms with Crippen LogP contribution in [0.3, 0.4) is 0 Å². The van der Waals surface area contributed by atoms with E-state index in [1.165, 1.54) is 17.0 Å². The zero-order chi connectivity index (χ0) is 19.0. The second kappa shape index (κ2) is 7.15. The van der Waals surface area contributed by atoms with E-state index in [-0.39, 0.29) is 11.7 Å². The molecule has 7 heteroatoms. The van der Waals surface area contributed by atoms with Crippen LogP contribution in [0.1, 0.15) is 12.3 Å². The summed E-state index contributed by atoms with van der Waals surface area (Å²) in [4.78, 5) is 20.1. The molecule has 2 heterocycles. The fourth-order valence-corrected chi connectivity index (χ4v) is 3.66. The van der Waals surface area contributed by atoms with Crippen LogP contribution >= 0.6 is 15.9 Å². The molecular weight excluding hydrogens is 413 g/mol. The van der Waals surface area contributed by atoms with E-state index in [2.05, 4.69) is 20.9 Å². The Labute approximate surface area is 164 Å². The molecule has 0 fully saturated rings. The first kappa shape index (κ1) is 17.7. The Kier molecular flexibility index (Phi) is 4.70. The second-order valence-corrected chi connectivity index (χ2v) is 7.21. The predicted octanol–water partition coefficient (Wildman–Crippen LogP) is 4.62. The average molecular weight is 430 g/mol. The van der Waals surface area contributed by atoms with Crippen LogP contribution in [0.2, 0.25) is 0 Å². The van der Waals surface area contributed by atoms with Gasteiger partial charge in [-0.15, -0.1) is 0 Å². The van der Waals surface area contributed by atoms with Gasteiger partial charge in [0.2, 0.25) is 11.8 Å². The van der Waals surface area contributed by atoms with Crippen LogP contribution in [0, 0.1) is 5.82 Å². The van der Waals surface area contributed by atoms with Gasteiger partial charge in [-0.3, -0.25) is 4.79 Å². The van der Waals surface area contributed by atoms with Gasteiger partial charge in [0.05, 0.1) is 24.1 Å². The van der Waals surface area contributed by atoms with Gasteiger partial charge in [-0.2, -0.15) is 0 Å². The van der Waals surface area contributed by atoms with Crippen molar-refractivity contribution in [2.24, 2.45) is 0 Å². The summed E-state index contributed by atoms with van der Waals surface area (Å²) in [6, 6.07) is 12.2. The fourth-order valence-electron chi connectivity index (χ4n) is 3.18. The van der Waals surface area contributed by atoms with Crippen molar-refractivity contribution < 1.29 is 13.6 Å². The number of hydrogen-bond acceptors (Lipinski definition) is 4. The van der Waals surface area contributed by atoms with Crippen molar-refractivity contribution in [1.29, 1.82) is 0 Å². The lowest BCUT2D eigenvalue weighted by molar-refractivity contribution is -0.118. The van der Waals surface area contributed by atoms with Crippen LogP contribution in [0.15, 0.2) is 57.6 Å². The smallest absolute Gasteiger partial charge is 0.228 e.